The molecular formula is C12H10O6S. The molecule has 1 aromatic heterocycles. The number of aliphatic carboxylic acids is 1. The van der Waals surface area contributed by atoms with Crippen LogP contribution in [0.25, 0.3) is 11.0 Å². The summed E-state index contributed by atoms with van der Waals surface area (Å²) in [5.41, 5.74) is 0.102. The van der Waals surface area contributed by atoms with Gasteiger partial charge in [-0.2, -0.15) is 0 Å². The van der Waals surface area contributed by atoms with Crippen LogP contribution in [0, 0.1) is 0 Å². The maximum atomic E-state index is 11.4. The van der Waals surface area contributed by atoms with Crippen molar-refractivity contribution in [1.29, 1.82) is 0 Å². The number of aromatic hydroxyl groups is 2. The van der Waals surface area contributed by atoms with Crippen LogP contribution in [0.15, 0.2) is 27.4 Å². The number of phenolic OH excluding ortho intramolecular Hbond substituents is 2. The van der Waals surface area contributed by atoms with E-state index < -0.39 is 11.6 Å². The van der Waals surface area contributed by atoms with Gasteiger partial charge in [-0.05, 0) is 11.6 Å². The van der Waals surface area contributed by atoms with E-state index in [0.29, 0.717) is 16.7 Å². The number of hydrogen-bond acceptors (Lipinski definition) is 6. The van der Waals surface area contributed by atoms with E-state index >= 15 is 0 Å². The third-order valence-electron chi connectivity index (χ3n) is 2.41. The number of benzene rings is 1. The van der Waals surface area contributed by atoms with Crippen LogP contribution in [0.1, 0.15) is 5.56 Å². The molecular weight excluding hydrogens is 272 g/mol. The Morgan fingerprint density at radius 2 is 1.89 bits per heavy atom. The summed E-state index contributed by atoms with van der Waals surface area (Å²) in [7, 11) is 0. The number of carboxylic acid groups (broad SMARTS) is 1. The van der Waals surface area contributed by atoms with Gasteiger partial charge in [0.15, 0.2) is 11.5 Å². The first kappa shape index (κ1) is 13.3. The minimum Gasteiger partial charge on any atom is -0.504 e. The molecule has 1 heterocycles. The van der Waals surface area contributed by atoms with Crippen LogP contribution < -0.4 is 5.63 Å². The molecule has 0 saturated carbocycles. The van der Waals surface area contributed by atoms with Crippen molar-refractivity contribution in [2.24, 2.45) is 0 Å². The number of carboxylic acids is 1. The Hall–Kier alpha value is -2.15. The first-order valence-corrected chi connectivity index (χ1v) is 6.41. The van der Waals surface area contributed by atoms with Crippen molar-refractivity contribution in [2.45, 2.75) is 5.75 Å². The van der Waals surface area contributed by atoms with Gasteiger partial charge in [0.25, 0.3) is 0 Å². The van der Waals surface area contributed by atoms with Gasteiger partial charge in [0, 0.05) is 23.3 Å². The highest BCUT2D eigenvalue weighted by atomic mass is 32.2. The number of thioether (sulfide) groups is 1. The van der Waals surface area contributed by atoms with Gasteiger partial charge in [-0.15, -0.1) is 11.8 Å². The molecule has 100 valence electrons. The maximum absolute atomic E-state index is 11.4. The Labute approximate surface area is 111 Å². The molecule has 0 aliphatic rings. The minimum atomic E-state index is -0.947. The van der Waals surface area contributed by atoms with E-state index in [0.717, 1.165) is 17.8 Å². The second kappa shape index (κ2) is 5.23. The molecule has 0 spiro atoms. The zero-order valence-corrected chi connectivity index (χ0v) is 10.4. The zero-order valence-electron chi connectivity index (χ0n) is 9.62. The summed E-state index contributed by atoms with van der Waals surface area (Å²) in [5, 5.41) is 27.8. The molecule has 0 amide bonds. The van der Waals surface area contributed by atoms with Gasteiger partial charge < -0.3 is 19.7 Å². The van der Waals surface area contributed by atoms with Gasteiger partial charge in [0.2, 0.25) is 0 Å². The first-order chi connectivity index (χ1) is 8.97. The lowest BCUT2D eigenvalue weighted by Crippen LogP contribution is -2.02. The molecule has 6 nitrogen and oxygen atoms in total. The van der Waals surface area contributed by atoms with Crippen LogP contribution in [-0.2, 0) is 10.5 Å². The minimum absolute atomic E-state index is 0.0915. The largest absolute Gasteiger partial charge is 0.504 e. The van der Waals surface area contributed by atoms with E-state index in [2.05, 4.69) is 0 Å². The van der Waals surface area contributed by atoms with E-state index in [4.69, 9.17) is 9.52 Å². The maximum Gasteiger partial charge on any atom is 0.336 e. The lowest BCUT2D eigenvalue weighted by molar-refractivity contribution is -0.133. The van der Waals surface area contributed by atoms with Crippen molar-refractivity contribution < 1.29 is 24.5 Å². The van der Waals surface area contributed by atoms with E-state index in [1.54, 1.807) is 0 Å². The van der Waals surface area contributed by atoms with Crippen molar-refractivity contribution in [1.82, 2.24) is 0 Å². The molecule has 0 aliphatic heterocycles. The predicted octanol–water partition coefficient (Wildman–Crippen LogP) is 1.52. The van der Waals surface area contributed by atoms with Crippen LogP contribution in [0.3, 0.4) is 0 Å². The summed E-state index contributed by atoms with van der Waals surface area (Å²) in [4.78, 5) is 21.8. The molecule has 2 rings (SSSR count). The van der Waals surface area contributed by atoms with Crippen molar-refractivity contribution in [2.75, 3.05) is 5.75 Å². The van der Waals surface area contributed by atoms with Crippen molar-refractivity contribution in [3.8, 4) is 11.5 Å². The molecule has 2 aromatic rings. The molecule has 3 N–H and O–H groups in total. The zero-order chi connectivity index (χ0) is 14.0. The highest BCUT2D eigenvalue weighted by Gasteiger charge is 2.10. The fraction of sp³-hybridized carbons (Fsp3) is 0.167. The number of fused-ring (bicyclic) bond motifs is 1. The van der Waals surface area contributed by atoms with E-state index in [-0.39, 0.29) is 22.8 Å². The van der Waals surface area contributed by atoms with Crippen LogP contribution in [0.4, 0.5) is 0 Å². The molecule has 0 bridgehead atoms. The Kier molecular flexibility index (Phi) is 3.66. The summed E-state index contributed by atoms with van der Waals surface area (Å²) in [6.45, 7) is 0. The van der Waals surface area contributed by atoms with Gasteiger partial charge in [-0.3, -0.25) is 4.79 Å². The lowest BCUT2D eigenvalue weighted by atomic mass is 10.1. The van der Waals surface area contributed by atoms with Gasteiger partial charge in [0.05, 0.1) is 5.75 Å². The molecule has 0 radical (unpaired) electrons. The van der Waals surface area contributed by atoms with Gasteiger partial charge in [-0.1, -0.05) is 0 Å². The molecule has 0 fully saturated rings. The Morgan fingerprint density at radius 1 is 1.21 bits per heavy atom. The summed E-state index contributed by atoms with van der Waals surface area (Å²) in [6, 6.07) is 3.68. The quantitative estimate of drug-likeness (QED) is 0.576. The fourth-order valence-electron chi connectivity index (χ4n) is 1.62. The fourth-order valence-corrected chi connectivity index (χ4v) is 2.35. The smallest absolute Gasteiger partial charge is 0.336 e. The van der Waals surface area contributed by atoms with E-state index in [1.165, 1.54) is 12.1 Å². The highest BCUT2D eigenvalue weighted by Crippen LogP contribution is 2.32. The van der Waals surface area contributed by atoms with Crippen LogP contribution in [0.5, 0.6) is 11.5 Å². The summed E-state index contributed by atoms with van der Waals surface area (Å²) < 4.78 is 4.91. The van der Waals surface area contributed by atoms with Crippen LogP contribution in [-0.4, -0.2) is 27.0 Å². The topological polar surface area (TPSA) is 108 Å². The molecule has 7 heteroatoms. The van der Waals surface area contributed by atoms with Crippen molar-refractivity contribution in [3.05, 3.63) is 34.2 Å². The Balaban J connectivity index is 2.44. The average Bonchev–Trinajstić information content (AvgIpc) is 2.31. The molecule has 1 aromatic carbocycles. The Morgan fingerprint density at radius 3 is 2.58 bits per heavy atom. The normalized spacial score (nSPS) is 10.7. The van der Waals surface area contributed by atoms with E-state index in [1.807, 2.05) is 0 Å². The third kappa shape index (κ3) is 3.00. The van der Waals surface area contributed by atoms with Gasteiger partial charge in [0.1, 0.15) is 5.58 Å². The van der Waals surface area contributed by atoms with Crippen molar-refractivity contribution >= 4 is 28.7 Å². The lowest BCUT2D eigenvalue weighted by Gasteiger charge is -2.06. The molecule has 0 atom stereocenters. The highest BCUT2D eigenvalue weighted by molar-refractivity contribution is 7.99. The second-order valence-corrected chi connectivity index (χ2v) is 4.80. The van der Waals surface area contributed by atoms with Gasteiger partial charge >= 0.3 is 11.6 Å². The second-order valence-electron chi connectivity index (χ2n) is 3.81. The molecule has 0 unspecified atom stereocenters. The molecule has 0 saturated heterocycles. The van der Waals surface area contributed by atoms with Gasteiger partial charge in [-0.25, -0.2) is 4.79 Å². The third-order valence-corrected chi connectivity index (χ3v) is 3.37. The van der Waals surface area contributed by atoms with Crippen LogP contribution >= 0.6 is 11.8 Å². The Bertz CT molecular complexity index is 690. The summed E-state index contributed by atoms with van der Waals surface area (Å²) in [6.07, 6.45) is 0. The van der Waals surface area contributed by atoms with Crippen LogP contribution in [0.2, 0.25) is 0 Å². The number of carbonyl (C=O) groups is 1. The number of phenols is 2. The average molecular weight is 282 g/mol. The first-order valence-electron chi connectivity index (χ1n) is 5.25. The molecule has 19 heavy (non-hydrogen) atoms. The summed E-state index contributed by atoms with van der Waals surface area (Å²) in [5.74, 6) is -1.46. The molecule has 0 aliphatic carbocycles. The standard InChI is InChI=1S/C12H10O6S/c13-8-2-7-6(4-19-5-11(15)16)1-12(17)18-10(7)3-9(8)14/h1-3,13-14H,4-5H2,(H,15,16). The monoisotopic (exact) mass is 282 g/mol. The summed E-state index contributed by atoms with van der Waals surface area (Å²) >= 11 is 1.12. The van der Waals surface area contributed by atoms with Crippen molar-refractivity contribution in [3.63, 3.8) is 0 Å². The number of rotatable bonds is 4. The predicted molar refractivity (Wildman–Crippen MR) is 69.6 cm³/mol. The number of hydrogen-bond donors (Lipinski definition) is 3. The van der Waals surface area contributed by atoms with E-state index in [9.17, 15) is 19.8 Å². The SMILES string of the molecule is O=C(O)CSCc1cc(=O)oc2cc(O)c(O)cc12.